The highest BCUT2D eigenvalue weighted by Crippen LogP contribution is 2.27. The van der Waals surface area contributed by atoms with Crippen LogP contribution < -0.4 is 4.90 Å². The summed E-state index contributed by atoms with van der Waals surface area (Å²) in [6.07, 6.45) is 1.58. The number of anilines is 1. The van der Waals surface area contributed by atoms with Crippen LogP contribution >= 0.6 is 27.5 Å². The van der Waals surface area contributed by atoms with Gasteiger partial charge in [0.05, 0.1) is 12.1 Å². The molecule has 1 saturated heterocycles. The van der Waals surface area contributed by atoms with E-state index >= 15 is 0 Å². The van der Waals surface area contributed by atoms with Crippen LogP contribution in [0.3, 0.4) is 0 Å². The maximum Gasteiger partial charge on any atom is 0.257 e. The van der Waals surface area contributed by atoms with E-state index in [0.717, 1.165) is 10.0 Å². The summed E-state index contributed by atoms with van der Waals surface area (Å²) in [5.74, 6) is -0.759. The molecule has 0 spiro atoms. The zero-order valence-electron chi connectivity index (χ0n) is 16.1. The van der Waals surface area contributed by atoms with Crippen LogP contribution in [0.1, 0.15) is 31.7 Å². The van der Waals surface area contributed by atoms with Gasteiger partial charge in [0.15, 0.2) is 0 Å². The largest absolute Gasteiger partial charge is 0.330 e. The highest BCUT2D eigenvalue weighted by molar-refractivity contribution is 9.10. The lowest BCUT2D eigenvalue weighted by molar-refractivity contribution is -0.138. The van der Waals surface area contributed by atoms with Gasteiger partial charge < -0.3 is 4.90 Å². The maximum absolute atomic E-state index is 13.1. The van der Waals surface area contributed by atoms with E-state index in [1.807, 2.05) is 25.1 Å². The van der Waals surface area contributed by atoms with E-state index in [0.29, 0.717) is 36.5 Å². The number of hydrogen-bond donors (Lipinski definition) is 0. The number of imide groups is 1. The third-order valence-electron chi connectivity index (χ3n) is 4.90. The van der Waals surface area contributed by atoms with Crippen LogP contribution in [0.15, 0.2) is 53.0 Å². The van der Waals surface area contributed by atoms with Gasteiger partial charge in [-0.1, -0.05) is 46.6 Å². The Morgan fingerprint density at radius 1 is 1.21 bits per heavy atom. The molecule has 0 bridgehead atoms. The third kappa shape index (κ3) is 5.06. The summed E-state index contributed by atoms with van der Waals surface area (Å²) in [6.45, 7) is 2.28. The lowest BCUT2D eigenvalue weighted by atomic mass is 10.1. The second-order valence-corrected chi connectivity index (χ2v) is 8.33. The Kier molecular flexibility index (Phi) is 7.09. The first kappa shape index (κ1) is 21.5. The summed E-state index contributed by atoms with van der Waals surface area (Å²) in [6, 6.07) is 13.6. The number of hydrogen-bond acceptors (Lipinski definition) is 3. The fourth-order valence-corrected chi connectivity index (χ4v) is 3.95. The third-order valence-corrected chi connectivity index (χ3v) is 5.66. The van der Waals surface area contributed by atoms with Gasteiger partial charge in [-0.05, 0) is 54.8 Å². The van der Waals surface area contributed by atoms with Gasteiger partial charge in [0.25, 0.3) is 5.91 Å². The van der Waals surface area contributed by atoms with Crippen molar-refractivity contribution in [2.45, 2.75) is 38.6 Å². The summed E-state index contributed by atoms with van der Waals surface area (Å²) in [7, 11) is 0. The molecule has 1 aliphatic rings. The van der Waals surface area contributed by atoms with Gasteiger partial charge in [0, 0.05) is 22.5 Å². The van der Waals surface area contributed by atoms with Crippen molar-refractivity contribution in [1.29, 1.82) is 0 Å². The number of carbonyl (C=O) groups excluding carboxylic acids is 3. The summed E-state index contributed by atoms with van der Waals surface area (Å²) < 4.78 is 0.859. The molecule has 3 amide bonds. The molecule has 2 aromatic carbocycles. The topological polar surface area (TPSA) is 57.7 Å². The van der Waals surface area contributed by atoms with Crippen molar-refractivity contribution >= 4 is 50.9 Å². The quantitative estimate of drug-likeness (QED) is 0.547. The molecular formula is C22H22BrClN2O3. The molecule has 29 heavy (non-hydrogen) atoms. The van der Waals surface area contributed by atoms with Crippen LogP contribution in [0.2, 0.25) is 5.02 Å². The van der Waals surface area contributed by atoms with Crippen LogP contribution in [0, 0.1) is 0 Å². The Balaban J connectivity index is 1.81. The molecule has 7 heteroatoms. The first-order valence-corrected chi connectivity index (χ1v) is 10.7. The van der Waals surface area contributed by atoms with Crippen molar-refractivity contribution in [3.8, 4) is 0 Å². The smallest absolute Gasteiger partial charge is 0.257 e. The van der Waals surface area contributed by atoms with Gasteiger partial charge in [-0.2, -0.15) is 0 Å². The summed E-state index contributed by atoms with van der Waals surface area (Å²) >= 11 is 9.40. The molecule has 1 fully saturated rings. The van der Waals surface area contributed by atoms with E-state index in [1.165, 1.54) is 4.90 Å². The summed E-state index contributed by atoms with van der Waals surface area (Å²) in [5, 5.41) is 0.627. The number of carbonyl (C=O) groups is 3. The van der Waals surface area contributed by atoms with Crippen molar-refractivity contribution in [1.82, 2.24) is 4.90 Å². The molecule has 0 saturated carbocycles. The van der Waals surface area contributed by atoms with E-state index in [1.54, 1.807) is 35.2 Å². The van der Waals surface area contributed by atoms with Crippen LogP contribution in [0.5, 0.6) is 0 Å². The lowest BCUT2D eigenvalue weighted by Crippen LogP contribution is -2.46. The van der Waals surface area contributed by atoms with Crippen LogP contribution in [-0.2, 0) is 20.8 Å². The standard InChI is InChI=1S/C22H22BrClN2O3/c1-2-4-20(27)25(12-11-15-5-3-6-17(24)13-15)19-14-21(28)26(22(19)29)18-9-7-16(23)8-10-18/h3,5-10,13,19H,2,4,11-12,14H2,1H3. The van der Waals surface area contributed by atoms with E-state index in [9.17, 15) is 14.4 Å². The highest BCUT2D eigenvalue weighted by atomic mass is 79.9. The van der Waals surface area contributed by atoms with Crippen molar-refractivity contribution in [3.63, 3.8) is 0 Å². The molecule has 0 N–H and O–H groups in total. The second kappa shape index (κ2) is 9.55. The van der Waals surface area contributed by atoms with Gasteiger partial charge in [-0.15, -0.1) is 0 Å². The number of halogens is 2. The molecule has 152 valence electrons. The first-order valence-electron chi connectivity index (χ1n) is 9.57. The molecule has 2 aromatic rings. The summed E-state index contributed by atoms with van der Waals surface area (Å²) in [5.41, 5.74) is 1.50. The predicted molar refractivity (Wildman–Crippen MR) is 117 cm³/mol. The molecule has 0 aliphatic carbocycles. The Labute approximate surface area is 183 Å². The average molecular weight is 478 g/mol. The van der Waals surface area contributed by atoms with E-state index in [-0.39, 0.29) is 24.1 Å². The molecule has 1 atom stereocenters. The minimum atomic E-state index is -0.774. The Morgan fingerprint density at radius 3 is 2.59 bits per heavy atom. The number of amides is 3. The van der Waals surface area contributed by atoms with E-state index < -0.39 is 6.04 Å². The molecule has 1 heterocycles. The van der Waals surface area contributed by atoms with Gasteiger partial charge in [0.2, 0.25) is 11.8 Å². The van der Waals surface area contributed by atoms with Crippen LogP contribution in [0.4, 0.5) is 5.69 Å². The van der Waals surface area contributed by atoms with Crippen molar-refractivity contribution in [2.75, 3.05) is 11.4 Å². The number of rotatable bonds is 7. The highest BCUT2D eigenvalue weighted by Gasteiger charge is 2.43. The minimum Gasteiger partial charge on any atom is -0.330 e. The van der Waals surface area contributed by atoms with E-state index in [2.05, 4.69) is 15.9 Å². The SMILES string of the molecule is CCCC(=O)N(CCc1cccc(Cl)c1)C1CC(=O)N(c2ccc(Br)cc2)C1=O. The molecule has 0 radical (unpaired) electrons. The maximum atomic E-state index is 13.1. The molecule has 1 aliphatic heterocycles. The van der Waals surface area contributed by atoms with Crippen molar-refractivity contribution in [3.05, 3.63) is 63.6 Å². The van der Waals surface area contributed by atoms with E-state index in [4.69, 9.17) is 11.6 Å². The van der Waals surface area contributed by atoms with Crippen molar-refractivity contribution in [2.24, 2.45) is 0 Å². The Hall–Kier alpha value is -2.18. The Morgan fingerprint density at radius 2 is 1.93 bits per heavy atom. The van der Waals surface area contributed by atoms with Crippen molar-refractivity contribution < 1.29 is 14.4 Å². The zero-order valence-corrected chi connectivity index (χ0v) is 18.4. The minimum absolute atomic E-state index is 0.000102. The molecule has 5 nitrogen and oxygen atoms in total. The number of nitrogens with zero attached hydrogens (tertiary/aromatic N) is 2. The predicted octanol–water partition coefficient (Wildman–Crippen LogP) is 4.61. The fourth-order valence-electron chi connectivity index (χ4n) is 3.47. The second-order valence-electron chi connectivity index (χ2n) is 6.98. The van der Waals surface area contributed by atoms with Gasteiger partial charge in [-0.25, -0.2) is 4.90 Å². The van der Waals surface area contributed by atoms with Gasteiger partial charge >= 0.3 is 0 Å². The summed E-state index contributed by atoms with van der Waals surface area (Å²) in [4.78, 5) is 41.2. The van der Waals surface area contributed by atoms with Crippen LogP contribution in [0.25, 0.3) is 0 Å². The fraction of sp³-hybridized carbons (Fsp3) is 0.318. The van der Waals surface area contributed by atoms with Gasteiger partial charge in [0.1, 0.15) is 6.04 Å². The lowest BCUT2D eigenvalue weighted by Gasteiger charge is -2.28. The molecular weight excluding hydrogens is 456 g/mol. The first-order chi connectivity index (χ1) is 13.9. The average Bonchev–Trinajstić information content (AvgIpc) is 2.97. The number of benzene rings is 2. The van der Waals surface area contributed by atoms with Gasteiger partial charge in [-0.3, -0.25) is 14.4 Å². The molecule has 1 unspecified atom stereocenters. The monoisotopic (exact) mass is 476 g/mol. The molecule has 0 aromatic heterocycles. The Bertz CT molecular complexity index is 917. The zero-order chi connectivity index (χ0) is 21.0. The normalized spacial score (nSPS) is 16.4. The van der Waals surface area contributed by atoms with Crippen LogP contribution in [-0.4, -0.2) is 35.2 Å². The molecule has 3 rings (SSSR count).